The van der Waals surface area contributed by atoms with Gasteiger partial charge in [-0.15, -0.1) is 0 Å². The molecular formula is C19H18N2O2. The maximum absolute atomic E-state index is 11.9. The molecule has 0 aliphatic heterocycles. The number of aromatic nitrogens is 2. The number of carbonyl (C=O) groups excluding carboxylic acids is 1. The van der Waals surface area contributed by atoms with Crippen LogP contribution in [0.3, 0.4) is 0 Å². The highest BCUT2D eigenvalue weighted by atomic mass is 16.5. The quantitative estimate of drug-likeness (QED) is 0.674. The van der Waals surface area contributed by atoms with Crippen molar-refractivity contribution in [3.63, 3.8) is 0 Å². The van der Waals surface area contributed by atoms with Crippen molar-refractivity contribution < 1.29 is 9.53 Å². The fraction of sp³-hybridized carbons (Fsp3) is 0.158. The first-order chi connectivity index (χ1) is 11.3. The number of rotatable bonds is 5. The molecule has 0 saturated carbocycles. The SMILES string of the molecule is CCOC(=O)Cn1ncc(-c2ccccc2)c1-c1ccccc1. The minimum absolute atomic E-state index is 0.102. The Bertz CT molecular complexity index is 780. The largest absolute Gasteiger partial charge is 0.465 e. The van der Waals surface area contributed by atoms with Crippen molar-refractivity contribution in [2.75, 3.05) is 6.61 Å². The lowest BCUT2D eigenvalue weighted by Gasteiger charge is -2.10. The van der Waals surface area contributed by atoms with E-state index in [9.17, 15) is 4.79 Å². The number of esters is 1. The molecule has 0 radical (unpaired) electrons. The zero-order chi connectivity index (χ0) is 16.1. The average Bonchev–Trinajstić information content (AvgIpc) is 3.00. The summed E-state index contributed by atoms with van der Waals surface area (Å²) in [6.45, 7) is 2.27. The van der Waals surface area contributed by atoms with Gasteiger partial charge < -0.3 is 4.74 Å². The van der Waals surface area contributed by atoms with Crippen LogP contribution in [0.2, 0.25) is 0 Å². The molecule has 0 aliphatic carbocycles. The van der Waals surface area contributed by atoms with Gasteiger partial charge in [-0.2, -0.15) is 5.10 Å². The van der Waals surface area contributed by atoms with Gasteiger partial charge in [-0.05, 0) is 12.5 Å². The van der Waals surface area contributed by atoms with Gasteiger partial charge in [0.2, 0.25) is 0 Å². The summed E-state index contributed by atoms with van der Waals surface area (Å²) >= 11 is 0. The molecule has 1 aromatic heterocycles. The first kappa shape index (κ1) is 15.0. The van der Waals surface area contributed by atoms with Crippen LogP contribution in [-0.4, -0.2) is 22.4 Å². The number of nitrogens with zero attached hydrogens (tertiary/aromatic N) is 2. The molecule has 0 spiro atoms. The summed E-state index contributed by atoms with van der Waals surface area (Å²) < 4.78 is 6.76. The van der Waals surface area contributed by atoms with Gasteiger partial charge in [0.05, 0.1) is 18.5 Å². The monoisotopic (exact) mass is 306 g/mol. The molecule has 0 unspecified atom stereocenters. The van der Waals surface area contributed by atoms with Crippen molar-refractivity contribution in [1.82, 2.24) is 9.78 Å². The summed E-state index contributed by atoms with van der Waals surface area (Å²) in [7, 11) is 0. The molecule has 116 valence electrons. The van der Waals surface area contributed by atoms with E-state index in [0.717, 1.165) is 22.4 Å². The van der Waals surface area contributed by atoms with Crippen LogP contribution in [0.15, 0.2) is 66.9 Å². The second-order valence-corrected chi connectivity index (χ2v) is 5.10. The summed E-state index contributed by atoms with van der Waals surface area (Å²) in [5, 5.41) is 4.41. The summed E-state index contributed by atoms with van der Waals surface area (Å²) in [6.07, 6.45) is 1.80. The van der Waals surface area contributed by atoms with Gasteiger partial charge in [0.25, 0.3) is 0 Å². The first-order valence-corrected chi connectivity index (χ1v) is 7.62. The smallest absolute Gasteiger partial charge is 0.327 e. The number of hydrogen-bond donors (Lipinski definition) is 0. The van der Waals surface area contributed by atoms with Crippen LogP contribution >= 0.6 is 0 Å². The van der Waals surface area contributed by atoms with Crippen LogP contribution in [-0.2, 0) is 16.1 Å². The highest BCUT2D eigenvalue weighted by Crippen LogP contribution is 2.31. The molecule has 0 N–H and O–H groups in total. The van der Waals surface area contributed by atoms with E-state index in [-0.39, 0.29) is 12.5 Å². The van der Waals surface area contributed by atoms with E-state index in [4.69, 9.17) is 4.74 Å². The first-order valence-electron chi connectivity index (χ1n) is 7.62. The Kier molecular flexibility index (Phi) is 4.52. The predicted octanol–water partition coefficient (Wildman–Crippen LogP) is 3.78. The lowest BCUT2D eigenvalue weighted by Crippen LogP contribution is -2.15. The standard InChI is InChI=1S/C19H18N2O2/c1-2-23-18(22)14-21-19(16-11-7-4-8-12-16)17(13-20-21)15-9-5-3-6-10-15/h3-13H,2,14H2,1H3. The van der Waals surface area contributed by atoms with Gasteiger partial charge in [0.15, 0.2) is 0 Å². The number of carbonyl (C=O) groups is 1. The van der Waals surface area contributed by atoms with Gasteiger partial charge in [0, 0.05) is 11.1 Å². The molecular weight excluding hydrogens is 288 g/mol. The molecule has 4 nitrogen and oxygen atoms in total. The zero-order valence-corrected chi connectivity index (χ0v) is 13.0. The minimum atomic E-state index is -0.285. The van der Waals surface area contributed by atoms with Gasteiger partial charge in [-0.3, -0.25) is 9.48 Å². The normalized spacial score (nSPS) is 10.5. The molecule has 0 atom stereocenters. The van der Waals surface area contributed by atoms with E-state index in [1.54, 1.807) is 17.8 Å². The fourth-order valence-corrected chi connectivity index (χ4v) is 2.56. The Morgan fingerprint density at radius 2 is 1.61 bits per heavy atom. The van der Waals surface area contributed by atoms with Crippen LogP contribution < -0.4 is 0 Å². The summed E-state index contributed by atoms with van der Waals surface area (Å²) in [5.41, 5.74) is 4.01. The van der Waals surface area contributed by atoms with Crippen LogP contribution in [0, 0.1) is 0 Å². The molecule has 0 aliphatic rings. The Hall–Kier alpha value is -2.88. The fourth-order valence-electron chi connectivity index (χ4n) is 2.56. The third kappa shape index (κ3) is 3.31. The van der Waals surface area contributed by atoms with E-state index in [1.807, 2.05) is 60.7 Å². The second-order valence-electron chi connectivity index (χ2n) is 5.10. The minimum Gasteiger partial charge on any atom is -0.465 e. The molecule has 23 heavy (non-hydrogen) atoms. The van der Waals surface area contributed by atoms with Crippen molar-refractivity contribution in [2.45, 2.75) is 13.5 Å². The molecule has 0 amide bonds. The lowest BCUT2D eigenvalue weighted by molar-refractivity contribution is -0.144. The van der Waals surface area contributed by atoms with Crippen LogP contribution in [0.25, 0.3) is 22.4 Å². The summed E-state index contributed by atoms with van der Waals surface area (Å²) in [4.78, 5) is 11.9. The predicted molar refractivity (Wildman–Crippen MR) is 89.7 cm³/mol. The molecule has 0 bridgehead atoms. The molecule has 1 heterocycles. The molecule has 2 aromatic carbocycles. The highest BCUT2D eigenvalue weighted by Gasteiger charge is 2.16. The van der Waals surface area contributed by atoms with E-state index in [2.05, 4.69) is 5.10 Å². The molecule has 3 aromatic rings. The number of benzene rings is 2. The van der Waals surface area contributed by atoms with Crippen molar-refractivity contribution in [3.8, 4) is 22.4 Å². The Labute approximate surface area is 135 Å². The van der Waals surface area contributed by atoms with E-state index in [1.165, 1.54) is 0 Å². The third-order valence-corrected chi connectivity index (χ3v) is 3.56. The van der Waals surface area contributed by atoms with Crippen LogP contribution in [0.5, 0.6) is 0 Å². The maximum atomic E-state index is 11.9. The lowest BCUT2D eigenvalue weighted by atomic mass is 10.0. The Morgan fingerprint density at radius 1 is 1.00 bits per heavy atom. The van der Waals surface area contributed by atoms with Crippen LogP contribution in [0.4, 0.5) is 0 Å². The summed E-state index contributed by atoms with van der Waals surface area (Å²) in [5.74, 6) is -0.285. The molecule has 0 saturated heterocycles. The zero-order valence-electron chi connectivity index (χ0n) is 13.0. The second kappa shape index (κ2) is 6.92. The molecule has 3 rings (SSSR count). The topological polar surface area (TPSA) is 44.1 Å². The van der Waals surface area contributed by atoms with E-state index < -0.39 is 0 Å². The third-order valence-electron chi connectivity index (χ3n) is 3.56. The Balaban J connectivity index is 2.07. The van der Waals surface area contributed by atoms with Crippen molar-refractivity contribution in [3.05, 3.63) is 66.9 Å². The average molecular weight is 306 g/mol. The maximum Gasteiger partial charge on any atom is 0.327 e. The van der Waals surface area contributed by atoms with E-state index in [0.29, 0.717) is 6.61 Å². The van der Waals surface area contributed by atoms with Crippen LogP contribution in [0.1, 0.15) is 6.92 Å². The van der Waals surface area contributed by atoms with Crippen molar-refractivity contribution >= 4 is 5.97 Å². The van der Waals surface area contributed by atoms with Crippen molar-refractivity contribution in [1.29, 1.82) is 0 Å². The highest BCUT2D eigenvalue weighted by molar-refractivity contribution is 5.82. The molecule has 4 heteroatoms. The Morgan fingerprint density at radius 3 is 2.22 bits per heavy atom. The summed E-state index contributed by atoms with van der Waals surface area (Å²) in [6, 6.07) is 20.0. The number of ether oxygens (including phenoxy) is 1. The number of hydrogen-bond acceptors (Lipinski definition) is 3. The molecule has 0 fully saturated rings. The van der Waals surface area contributed by atoms with Gasteiger partial charge in [-0.25, -0.2) is 0 Å². The van der Waals surface area contributed by atoms with Gasteiger partial charge in [-0.1, -0.05) is 60.7 Å². The van der Waals surface area contributed by atoms with Crippen molar-refractivity contribution in [2.24, 2.45) is 0 Å². The van der Waals surface area contributed by atoms with E-state index >= 15 is 0 Å². The van der Waals surface area contributed by atoms with Gasteiger partial charge in [0.1, 0.15) is 6.54 Å². The van der Waals surface area contributed by atoms with Gasteiger partial charge >= 0.3 is 5.97 Å².